The van der Waals surface area contributed by atoms with Crippen LogP contribution in [0.5, 0.6) is 0 Å². The SMILES string of the molecule is CCNCC(C)C(=O)NOCC(C)C. The summed E-state index contributed by atoms with van der Waals surface area (Å²) in [5.41, 5.74) is 2.44. The van der Waals surface area contributed by atoms with Gasteiger partial charge in [-0.15, -0.1) is 0 Å². The standard InChI is InChI=1S/C10H22N2O2/c1-5-11-6-9(4)10(13)12-14-7-8(2)3/h8-9,11H,5-7H2,1-4H3,(H,12,13). The van der Waals surface area contributed by atoms with E-state index in [9.17, 15) is 4.79 Å². The molecule has 0 spiro atoms. The fourth-order valence-electron chi connectivity index (χ4n) is 0.834. The van der Waals surface area contributed by atoms with E-state index in [2.05, 4.69) is 10.8 Å². The van der Waals surface area contributed by atoms with E-state index in [1.165, 1.54) is 0 Å². The molecule has 0 bridgehead atoms. The van der Waals surface area contributed by atoms with Gasteiger partial charge in [0.25, 0.3) is 0 Å². The van der Waals surface area contributed by atoms with Crippen molar-refractivity contribution in [3.63, 3.8) is 0 Å². The first kappa shape index (κ1) is 13.4. The molecule has 0 aliphatic rings. The molecule has 0 saturated carbocycles. The second-order valence-corrected chi connectivity index (χ2v) is 3.88. The lowest BCUT2D eigenvalue weighted by Gasteiger charge is -2.12. The van der Waals surface area contributed by atoms with Crippen LogP contribution in [0.25, 0.3) is 0 Å². The number of hydrogen-bond donors (Lipinski definition) is 2. The van der Waals surface area contributed by atoms with Crippen molar-refractivity contribution < 1.29 is 9.63 Å². The average Bonchev–Trinajstić information content (AvgIpc) is 2.13. The summed E-state index contributed by atoms with van der Waals surface area (Å²) in [6.45, 7) is 10.1. The van der Waals surface area contributed by atoms with Crippen LogP contribution in [0, 0.1) is 11.8 Å². The third-order valence-electron chi connectivity index (χ3n) is 1.74. The van der Waals surface area contributed by atoms with E-state index in [0.29, 0.717) is 19.1 Å². The summed E-state index contributed by atoms with van der Waals surface area (Å²) in [6.07, 6.45) is 0. The van der Waals surface area contributed by atoms with Crippen molar-refractivity contribution in [3.8, 4) is 0 Å². The van der Waals surface area contributed by atoms with E-state index < -0.39 is 0 Å². The summed E-state index contributed by atoms with van der Waals surface area (Å²) in [4.78, 5) is 16.4. The van der Waals surface area contributed by atoms with Gasteiger partial charge >= 0.3 is 0 Å². The molecule has 1 atom stereocenters. The number of amides is 1. The van der Waals surface area contributed by atoms with Gasteiger partial charge in [0, 0.05) is 12.5 Å². The van der Waals surface area contributed by atoms with Crippen molar-refractivity contribution >= 4 is 5.91 Å². The number of rotatable bonds is 7. The third kappa shape index (κ3) is 6.86. The Labute approximate surface area is 86.4 Å². The lowest BCUT2D eigenvalue weighted by atomic mass is 10.2. The van der Waals surface area contributed by atoms with Gasteiger partial charge in [-0.05, 0) is 12.5 Å². The molecule has 14 heavy (non-hydrogen) atoms. The number of carbonyl (C=O) groups is 1. The zero-order chi connectivity index (χ0) is 11.0. The molecule has 0 aliphatic carbocycles. The summed E-state index contributed by atoms with van der Waals surface area (Å²) in [7, 11) is 0. The van der Waals surface area contributed by atoms with Gasteiger partial charge in [-0.3, -0.25) is 9.63 Å². The lowest BCUT2D eigenvalue weighted by Crippen LogP contribution is -2.35. The van der Waals surface area contributed by atoms with E-state index in [1.807, 2.05) is 27.7 Å². The summed E-state index contributed by atoms with van der Waals surface area (Å²) in [5.74, 6) is 0.313. The molecule has 4 nitrogen and oxygen atoms in total. The Hall–Kier alpha value is -0.610. The van der Waals surface area contributed by atoms with Crippen molar-refractivity contribution in [2.45, 2.75) is 27.7 Å². The molecule has 1 unspecified atom stereocenters. The van der Waals surface area contributed by atoms with Gasteiger partial charge in [-0.25, -0.2) is 5.48 Å². The molecular weight excluding hydrogens is 180 g/mol. The number of nitrogens with one attached hydrogen (secondary N) is 2. The van der Waals surface area contributed by atoms with Crippen LogP contribution in [0.15, 0.2) is 0 Å². The number of carbonyl (C=O) groups excluding carboxylic acids is 1. The Morgan fingerprint density at radius 3 is 2.50 bits per heavy atom. The van der Waals surface area contributed by atoms with E-state index in [-0.39, 0.29) is 11.8 Å². The fraction of sp³-hybridized carbons (Fsp3) is 0.900. The smallest absolute Gasteiger partial charge is 0.247 e. The van der Waals surface area contributed by atoms with Crippen molar-refractivity contribution in [2.75, 3.05) is 19.7 Å². The topological polar surface area (TPSA) is 50.4 Å². The van der Waals surface area contributed by atoms with Gasteiger partial charge in [0.1, 0.15) is 0 Å². The second kappa shape index (κ2) is 7.76. The van der Waals surface area contributed by atoms with E-state index in [0.717, 1.165) is 6.54 Å². The summed E-state index contributed by atoms with van der Waals surface area (Å²) >= 11 is 0. The average molecular weight is 202 g/mol. The zero-order valence-corrected chi connectivity index (χ0v) is 9.59. The first-order valence-electron chi connectivity index (χ1n) is 5.20. The second-order valence-electron chi connectivity index (χ2n) is 3.88. The quantitative estimate of drug-likeness (QED) is 0.604. The van der Waals surface area contributed by atoms with Crippen LogP contribution in [0.1, 0.15) is 27.7 Å². The van der Waals surface area contributed by atoms with Crippen LogP contribution in [0.2, 0.25) is 0 Å². The first-order chi connectivity index (χ1) is 6.57. The monoisotopic (exact) mass is 202 g/mol. The molecule has 0 aromatic rings. The predicted octanol–water partition coefficient (Wildman–Crippen LogP) is 0.936. The fourth-order valence-corrected chi connectivity index (χ4v) is 0.834. The zero-order valence-electron chi connectivity index (χ0n) is 9.59. The molecule has 0 aliphatic heterocycles. The van der Waals surface area contributed by atoms with Gasteiger partial charge in [0.05, 0.1) is 6.61 Å². The summed E-state index contributed by atoms with van der Waals surface area (Å²) in [6, 6.07) is 0. The highest BCUT2D eigenvalue weighted by Crippen LogP contribution is 1.94. The van der Waals surface area contributed by atoms with Crippen molar-refractivity contribution in [3.05, 3.63) is 0 Å². The molecule has 0 rings (SSSR count). The molecule has 0 fully saturated rings. The maximum absolute atomic E-state index is 11.4. The number of hydroxylamine groups is 1. The largest absolute Gasteiger partial charge is 0.316 e. The van der Waals surface area contributed by atoms with Crippen molar-refractivity contribution in [1.82, 2.24) is 10.8 Å². The minimum absolute atomic E-state index is 0.0536. The van der Waals surface area contributed by atoms with Gasteiger partial charge in [0.15, 0.2) is 0 Å². The van der Waals surface area contributed by atoms with Crippen LogP contribution >= 0.6 is 0 Å². The highest BCUT2D eigenvalue weighted by molar-refractivity contribution is 5.77. The molecule has 4 heteroatoms. The molecular formula is C10H22N2O2. The molecule has 2 N–H and O–H groups in total. The van der Waals surface area contributed by atoms with Gasteiger partial charge in [-0.1, -0.05) is 27.7 Å². The molecule has 0 saturated heterocycles. The first-order valence-corrected chi connectivity index (χ1v) is 5.20. The van der Waals surface area contributed by atoms with Crippen LogP contribution in [0.3, 0.4) is 0 Å². The molecule has 0 heterocycles. The predicted molar refractivity (Wildman–Crippen MR) is 56.6 cm³/mol. The summed E-state index contributed by atoms with van der Waals surface area (Å²) in [5, 5.41) is 3.11. The van der Waals surface area contributed by atoms with Gasteiger partial charge < -0.3 is 5.32 Å². The van der Waals surface area contributed by atoms with Gasteiger partial charge in [0.2, 0.25) is 5.91 Å². The minimum atomic E-state index is -0.0633. The maximum atomic E-state index is 11.4. The normalized spacial score (nSPS) is 12.9. The Kier molecular flexibility index (Phi) is 7.42. The lowest BCUT2D eigenvalue weighted by molar-refractivity contribution is -0.137. The Bertz CT molecular complexity index is 160. The minimum Gasteiger partial charge on any atom is -0.316 e. The molecule has 0 aromatic carbocycles. The van der Waals surface area contributed by atoms with Crippen LogP contribution in [-0.2, 0) is 9.63 Å². The number of hydrogen-bond acceptors (Lipinski definition) is 3. The van der Waals surface area contributed by atoms with Crippen molar-refractivity contribution in [1.29, 1.82) is 0 Å². The molecule has 0 radical (unpaired) electrons. The van der Waals surface area contributed by atoms with Crippen LogP contribution in [-0.4, -0.2) is 25.6 Å². The summed E-state index contributed by atoms with van der Waals surface area (Å²) < 4.78 is 0. The molecule has 84 valence electrons. The third-order valence-corrected chi connectivity index (χ3v) is 1.74. The molecule has 1 amide bonds. The van der Waals surface area contributed by atoms with Crippen LogP contribution in [0.4, 0.5) is 0 Å². The highest BCUT2D eigenvalue weighted by atomic mass is 16.6. The van der Waals surface area contributed by atoms with Crippen molar-refractivity contribution in [2.24, 2.45) is 11.8 Å². The Morgan fingerprint density at radius 1 is 1.36 bits per heavy atom. The van der Waals surface area contributed by atoms with E-state index in [1.54, 1.807) is 0 Å². The maximum Gasteiger partial charge on any atom is 0.247 e. The van der Waals surface area contributed by atoms with Gasteiger partial charge in [-0.2, -0.15) is 0 Å². The van der Waals surface area contributed by atoms with E-state index in [4.69, 9.17) is 4.84 Å². The molecule has 0 aromatic heterocycles. The Morgan fingerprint density at radius 2 is 2.00 bits per heavy atom. The Balaban J connectivity index is 3.52. The van der Waals surface area contributed by atoms with E-state index >= 15 is 0 Å². The highest BCUT2D eigenvalue weighted by Gasteiger charge is 2.11. The van der Waals surface area contributed by atoms with Crippen LogP contribution < -0.4 is 10.8 Å².